The zero-order valence-electron chi connectivity index (χ0n) is 41.7. The fourth-order valence-corrected chi connectivity index (χ4v) is 10.9. The molecule has 1 aliphatic carbocycles. The van der Waals surface area contributed by atoms with Gasteiger partial charge < -0.3 is 9.80 Å². The van der Waals surface area contributed by atoms with Crippen LogP contribution in [0, 0.1) is 6.92 Å². The molecule has 0 radical (unpaired) electrons. The van der Waals surface area contributed by atoms with Crippen LogP contribution in [0.25, 0.3) is 22.3 Å². The first-order chi connectivity index (χ1) is 30.4. The Balaban J connectivity index is 1.14. The number of rotatable bonds is 3. The number of hydrogen-bond acceptors (Lipinski definition) is 2. The van der Waals surface area contributed by atoms with Crippen molar-refractivity contribution in [1.82, 2.24) is 0 Å². The molecular formula is C62H67BN2. The first kappa shape index (κ1) is 43.1. The lowest BCUT2D eigenvalue weighted by atomic mass is 9.33. The summed E-state index contributed by atoms with van der Waals surface area (Å²) in [6, 6.07) is 52.5. The Bertz CT molecular complexity index is 3050. The fraction of sp³-hybridized carbons (Fsp3) is 0.323. The van der Waals surface area contributed by atoms with Crippen LogP contribution < -0.4 is 26.2 Å². The van der Waals surface area contributed by atoms with Gasteiger partial charge in [-0.05, 0) is 161 Å². The minimum atomic E-state index is -0.0818. The van der Waals surface area contributed by atoms with Crippen LogP contribution in [0.2, 0.25) is 0 Å². The first-order valence-electron chi connectivity index (χ1n) is 24.0. The third kappa shape index (κ3) is 6.99. The van der Waals surface area contributed by atoms with Crippen molar-refractivity contribution >= 4 is 57.2 Å². The van der Waals surface area contributed by atoms with Gasteiger partial charge in [0.1, 0.15) is 0 Å². The maximum atomic E-state index is 2.57. The summed E-state index contributed by atoms with van der Waals surface area (Å²) in [5, 5.41) is 0. The monoisotopic (exact) mass is 851 g/mol. The molecule has 0 amide bonds. The van der Waals surface area contributed by atoms with Gasteiger partial charge in [0.15, 0.2) is 0 Å². The lowest BCUT2D eigenvalue weighted by Crippen LogP contribution is -2.61. The molecule has 3 heteroatoms. The van der Waals surface area contributed by atoms with Crippen LogP contribution in [0.15, 0.2) is 133 Å². The predicted molar refractivity (Wildman–Crippen MR) is 283 cm³/mol. The highest BCUT2D eigenvalue weighted by Crippen LogP contribution is 2.51. The summed E-state index contributed by atoms with van der Waals surface area (Å²) < 4.78 is 0. The first-order valence-corrected chi connectivity index (χ1v) is 24.0. The van der Waals surface area contributed by atoms with E-state index in [-0.39, 0.29) is 33.8 Å². The maximum Gasteiger partial charge on any atom is 0.252 e. The quantitative estimate of drug-likeness (QED) is 0.163. The van der Waals surface area contributed by atoms with E-state index in [4.69, 9.17) is 0 Å². The Hall–Kier alpha value is -5.80. The second-order valence-electron chi connectivity index (χ2n) is 24.1. The van der Waals surface area contributed by atoms with Crippen molar-refractivity contribution < 1.29 is 0 Å². The summed E-state index contributed by atoms with van der Waals surface area (Å²) in [4.78, 5) is 5.12. The van der Waals surface area contributed by atoms with Gasteiger partial charge in [0.25, 0.3) is 6.71 Å². The molecule has 0 fully saturated rings. The average molecular weight is 851 g/mol. The van der Waals surface area contributed by atoms with Gasteiger partial charge in [-0.1, -0.05) is 176 Å². The van der Waals surface area contributed by atoms with Gasteiger partial charge in [0.05, 0.1) is 0 Å². The topological polar surface area (TPSA) is 6.48 Å². The molecule has 0 N–H and O–H groups in total. The van der Waals surface area contributed by atoms with Crippen LogP contribution in [-0.2, 0) is 27.1 Å². The highest BCUT2D eigenvalue weighted by atomic mass is 15.2. The molecule has 0 atom stereocenters. The van der Waals surface area contributed by atoms with Gasteiger partial charge in [0, 0.05) is 39.5 Å². The van der Waals surface area contributed by atoms with Gasteiger partial charge in [-0.3, -0.25) is 0 Å². The summed E-state index contributed by atoms with van der Waals surface area (Å²) in [5.41, 5.74) is 26.3. The zero-order valence-corrected chi connectivity index (χ0v) is 41.7. The molecule has 0 unspecified atom stereocenters. The Kier molecular flexibility index (Phi) is 9.52. The van der Waals surface area contributed by atoms with Crippen molar-refractivity contribution in [3.63, 3.8) is 0 Å². The molecule has 0 saturated carbocycles. The van der Waals surface area contributed by atoms with Crippen LogP contribution >= 0.6 is 0 Å². The minimum absolute atomic E-state index is 0.00117. The molecule has 65 heavy (non-hydrogen) atoms. The van der Waals surface area contributed by atoms with Crippen LogP contribution in [0.4, 0.5) is 34.1 Å². The van der Waals surface area contributed by atoms with Crippen molar-refractivity contribution in [2.24, 2.45) is 0 Å². The van der Waals surface area contributed by atoms with Crippen LogP contribution in [0.5, 0.6) is 0 Å². The van der Waals surface area contributed by atoms with E-state index in [1.54, 1.807) is 0 Å². The summed E-state index contributed by atoms with van der Waals surface area (Å²) in [6.45, 7) is 35.0. The number of aryl methyl sites for hydroxylation is 1. The zero-order chi connectivity index (χ0) is 46.3. The largest absolute Gasteiger partial charge is 0.311 e. The van der Waals surface area contributed by atoms with E-state index in [0.717, 1.165) is 0 Å². The van der Waals surface area contributed by atoms with Gasteiger partial charge >= 0.3 is 0 Å². The van der Waals surface area contributed by atoms with Gasteiger partial charge in [-0.15, -0.1) is 0 Å². The average Bonchev–Trinajstić information content (AvgIpc) is 3.46. The SMILES string of the molecule is Cc1cc2c3c(c1)N(c1ccc(C(C)(C)C)cc1)c1cc(C(C)(C)C)ccc1B3c1cc(C(C)(C)C)ccc1N2c1ccc(-c2ccc3c(c2)C(C)(C)c2cc(C(C)(C)C)ccc2-3)cc1. The second-order valence-corrected chi connectivity index (χ2v) is 24.1. The minimum Gasteiger partial charge on any atom is -0.311 e. The van der Waals surface area contributed by atoms with Crippen molar-refractivity contribution in [3.05, 3.63) is 172 Å². The number of benzene rings is 7. The van der Waals surface area contributed by atoms with Gasteiger partial charge in [-0.25, -0.2) is 0 Å². The van der Waals surface area contributed by atoms with E-state index in [9.17, 15) is 0 Å². The standard InChI is InChI=1S/C62H67BN2/c1-38-32-55-57-56(33-38)65(46-26-19-41(20-27-46)58(2,3)4)54-37-44(61(11,12)13)22-30-51(54)63(57)52-36-43(60(8,9)10)23-31-53(52)64(55)45-24-16-39(17-25-45)40-18-28-47-48-29-21-42(59(5,6)7)35-50(48)62(14,15)49(47)34-40/h16-37H,1-15H3. The van der Waals surface area contributed by atoms with Crippen molar-refractivity contribution in [3.8, 4) is 22.3 Å². The number of fused-ring (bicyclic) bond motifs is 7. The van der Waals surface area contributed by atoms with Crippen molar-refractivity contribution in [1.29, 1.82) is 0 Å². The molecule has 0 bridgehead atoms. The van der Waals surface area contributed by atoms with Crippen molar-refractivity contribution in [2.45, 2.75) is 131 Å². The van der Waals surface area contributed by atoms with E-state index in [1.165, 1.54) is 112 Å². The van der Waals surface area contributed by atoms with Gasteiger partial charge in [-0.2, -0.15) is 0 Å². The lowest BCUT2D eigenvalue weighted by Gasteiger charge is -2.45. The molecule has 328 valence electrons. The van der Waals surface area contributed by atoms with Crippen LogP contribution in [0.1, 0.15) is 136 Å². The predicted octanol–water partition coefficient (Wildman–Crippen LogP) is 15.2. The smallest absolute Gasteiger partial charge is 0.252 e. The highest BCUT2D eigenvalue weighted by molar-refractivity contribution is 7.00. The summed E-state index contributed by atoms with van der Waals surface area (Å²) in [5.74, 6) is 0. The summed E-state index contributed by atoms with van der Waals surface area (Å²) in [7, 11) is 0. The Labute approximate surface area is 390 Å². The Morgan fingerprint density at radius 2 is 0.831 bits per heavy atom. The highest BCUT2D eigenvalue weighted by Gasteiger charge is 2.44. The molecule has 0 spiro atoms. The van der Waals surface area contributed by atoms with Crippen molar-refractivity contribution in [2.75, 3.05) is 9.80 Å². The molecule has 3 aliphatic rings. The molecule has 2 heterocycles. The molecule has 7 aromatic rings. The molecule has 0 aromatic heterocycles. The Morgan fingerprint density at radius 3 is 1.42 bits per heavy atom. The molecule has 0 saturated heterocycles. The van der Waals surface area contributed by atoms with Crippen LogP contribution in [0.3, 0.4) is 0 Å². The molecular weight excluding hydrogens is 784 g/mol. The van der Waals surface area contributed by atoms with E-state index >= 15 is 0 Å². The normalized spacial score (nSPS) is 15.0. The van der Waals surface area contributed by atoms with E-state index < -0.39 is 0 Å². The third-order valence-corrected chi connectivity index (χ3v) is 14.9. The van der Waals surface area contributed by atoms with Crippen LogP contribution in [-0.4, -0.2) is 6.71 Å². The summed E-state index contributed by atoms with van der Waals surface area (Å²) in [6.07, 6.45) is 0. The Morgan fingerprint density at radius 1 is 0.385 bits per heavy atom. The molecule has 2 nitrogen and oxygen atoms in total. The number of hydrogen-bond donors (Lipinski definition) is 0. The van der Waals surface area contributed by atoms with Gasteiger partial charge in [0.2, 0.25) is 0 Å². The second kappa shape index (κ2) is 14.4. The van der Waals surface area contributed by atoms with E-state index in [0.29, 0.717) is 0 Å². The fourth-order valence-electron chi connectivity index (χ4n) is 10.9. The van der Waals surface area contributed by atoms with E-state index in [2.05, 4.69) is 247 Å². The third-order valence-electron chi connectivity index (χ3n) is 14.9. The number of anilines is 6. The molecule has 2 aliphatic heterocycles. The molecule has 10 rings (SSSR count). The number of nitrogens with zero attached hydrogens (tertiary/aromatic N) is 2. The van der Waals surface area contributed by atoms with E-state index in [1.807, 2.05) is 0 Å². The summed E-state index contributed by atoms with van der Waals surface area (Å²) >= 11 is 0. The molecule has 7 aromatic carbocycles. The maximum absolute atomic E-state index is 2.57. The lowest BCUT2D eigenvalue weighted by molar-refractivity contribution is 0.584.